The van der Waals surface area contributed by atoms with E-state index >= 15 is 0 Å². The number of nitrogens with one attached hydrogen (secondary N) is 1. The van der Waals surface area contributed by atoms with E-state index in [0.29, 0.717) is 24.1 Å². The topological polar surface area (TPSA) is 67.6 Å². The highest BCUT2D eigenvalue weighted by atomic mass is 127. The highest BCUT2D eigenvalue weighted by Crippen LogP contribution is 2.54. The second-order valence-electron chi connectivity index (χ2n) is 7.02. The zero-order valence-corrected chi connectivity index (χ0v) is 18.1. The van der Waals surface area contributed by atoms with Crippen molar-refractivity contribution in [2.75, 3.05) is 20.7 Å². The maximum atomic E-state index is 6.01. The van der Waals surface area contributed by atoms with Crippen molar-refractivity contribution in [3.8, 4) is 0 Å². The molecule has 25 heavy (non-hydrogen) atoms. The van der Waals surface area contributed by atoms with Crippen molar-refractivity contribution in [1.82, 2.24) is 25.0 Å². The lowest BCUT2D eigenvalue weighted by Crippen LogP contribution is -2.65. The first kappa shape index (κ1) is 20.4. The summed E-state index contributed by atoms with van der Waals surface area (Å²) in [6, 6.07) is 0.456. The van der Waals surface area contributed by atoms with Gasteiger partial charge in [-0.3, -0.25) is 9.67 Å². The minimum absolute atomic E-state index is 0. The summed E-state index contributed by atoms with van der Waals surface area (Å²) < 4.78 is 7.81. The first-order valence-corrected chi connectivity index (χ1v) is 8.99. The fraction of sp³-hybridized carbons (Fsp3) is 0.824. The molecule has 0 amide bonds. The van der Waals surface area contributed by atoms with Crippen LogP contribution >= 0.6 is 24.0 Å². The average Bonchev–Trinajstić information content (AvgIpc) is 3.22. The highest BCUT2D eigenvalue weighted by Gasteiger charge is 2.57. The van der Waals surface area contributed by atoms with Gasteiger partial charge in [-0.1, -0.05) is 12.8 Å². The fourth-order valence-electron chi connectivity index (χ4n) is 4.34. The van der Waals surface area contributed by atoms with Crippen LogP contribution < -0.4 is 5.32 Å². The van der Waals surface area contributed by atoms with Crippen molar-refractivity contribution in [2.45, 2.75) is 57.7 Å². The second kappa shape index (κ2) is 8.66. The van der Waals surface area contributed by atoms with Crippen LogP contribution in [0.15, 0.2) is 11.3 Å². The summed E-state index contributed by atoms with van der Waals surface area (Å²) in [5, 5.41) is 7.83. The lowest BCUT2D eigenvalue weighted by Gasteiger charge is -2.54. The molecule has 2 aliphatic rings. The van der Waals surface area contributed by atoms with E-state index in [-0.39, 0.29) is 24.0 Å². The van der Waals surface area contributed by atoms with Crippen molar-refractivity contribution >= 4 is 29.9 Å². The van der Waals surface area contributed by atoms with Gasteiger partial charge in [-0.05, 0) is 26.2 Å². The second-order valence-corrected chi connectivity index (χ2v) is 7.02. The summed E-state index contributed by atoms with van der Waals surface area (Å²) in [7, 11) is 5.80. The molecule has 0 aliphatic heterocycles. The molecule has 0 bridgehead atoms. The molecule has 1 aromatic heterocycles. The predicted molar refractivity (Wildman–Crippen MR) is 109 cm³/mol. The minimum atomic E-state index is 0. The minimum Gasteiger partial charge on any atom is -0.378 e. The van der Waals surface area contributed by atoms with Gasteiger partial charge in [0.2, 0.25) is 0 Å². The van der Waals surface area contributed by atoms with Crippen LogP contribution in [-0.2, 0) is 18.3 Å². The summed E-state index contributed by atoms with van der Waals surface area (Å²) in [5.41, 5.74) is 0.303. The summed E-state index contributed by atoms with van der Waals surface area (Å²) in [5.74, 6) is 1.85. The number of guanidine groups is 1. The van der Waals surface area contributed by atoms with Crippen molar-refractivity contribution in [1.29, 1.82) is 0 Å². The molecule has 1 aromatic rings. The van der Waals surface area contributed by atoms with E-state index in [1.807, 2.05) is 21.1 Å². The number of aromatic nitrogens is 3. The lowest BCUT2D eigenvalue weighted by atomic mass is 9.60. The lowest BCUT2D eigenvalue weighted by molar-refractivity contribution is -0.126. The van der Waals surface area contributed by atoms with E-state index in [2.05, 4.69) is 32.2 Å². The Morgan fingerprint density at radius 3 is 2.76 bits per heavy atom. The van der Waals surface area contributed by atoms with Crippen LogP contribution in [0.25, 0.3) is 0 Å². The van der Waals surface area contributed by atoms with E-state index in [1.54, 1.807) is 11.0 Å². The van der Waals surface area contributed by atoms with E-state index in [9.17, 15) is 0 Å². The molecule has 3 rings (SSSR count). The number of nitrogens with zero attached hydrogens (tertiary/aromatic N) is 5. The molecule has 7 nitrogen and oxygen atoms in total. The van der Waals surface area contributed by atoms with E-state index in [0.717, 1.165) is 24.8 Å². The number of hydrogen-bond acceptors (Lipinski definition) is 4. The molecule has 2 fully saturated rings. The molecule has 1 N–H and O–H groups in total. The number of aliphatic imine (C=N–C) groups is 1. The Morgan fingerprint density at radius 1 is 1.48 bits per heavy atom. The SMILES string of the molecule is CCOC1CC(NC(=NC)N(C)Cc2ncnn2C)C12CCCC2.I. The molecule has 2 saturated carbocycles. The third-order valence-corrected chi connectivity index (χ3v) is 5.75. The van der Waals surface area contributed by atoms with Gasteiger partial charge < -0.3 is 15.0 Å². The van der Waals surface area contributed by atoms with E-state index in [4.69, 9.17) is 4.74 Å². The average molecular weight is 462 g/mol. The van der Waals surface area contributed by atoms with Crippen LogP contribution in [0.1, 0.15) is 44.9 Å². The van der Waals surface area contributed by atoms with Gasteiger partial charge in [-0.25, -0.2) is 4.98 Å². The Balaban J connectivity index is 0.00000225. The van der Waals surface area contributed by atoms with Gasteiger partial charge in [0.1, 0.15) is 12.2 Å². The van der Waals surface area contributed by atoms with Gasteiger partial charge in [0.25, 0.3) is 0 Å². The molecule has 2 atom stereocenters. The smallest absolute Gasteiger partial charge is 0.194 e. The number of aryl methyl sites for hydroxylation is 1. The van der Waals surface area contributed by atoms with Gasteiger partial charge in [0.15, 0.2) is 5.96 Å². The van der Waals surface area contributed by atoms with Crippen molar-refractivity contribution in [2.24, 2.45) is 17.5 Å². The summed E-state index contributed by atoms with van der Waals surface area (Å²) >= 11 is 0. The van der Waals surface area contributed by atoms with Gasteiger partial charge in [-0.15, -0.1) is 24.0 Å². The van der Waals surface area contributed by atoms with Crippen LogP contribution in [0.4, 0.5) is 0 Å². The van der Waals surface area contributed by atoms with Gasteiger partial charge in [-0.2, -0.15) is 5.10 Å². The summed E-state index contributed by atoms with van der Waals surface area (Å²) in [6.07, 6.45) is 8.23. The maximum absolute atomic E-state index is 6.01. The van der Waals surface area contributed by atoms with Gasteiger partial charge >= 0.3 is 0 Å². The predicted octanol–water partition coefficient (Wildman–Crippen LogP) is 2.18. The van der Waals surface area contributed by atoms with Crippen molar-refractivity contribution in [3.63, 3.8) is 0 Å². The van der Waals surface area contributed by atoms with E-state index in [1.165, 1.54) is 25.7 Å². The molecule has 1 heterocycles. The number of rotatable bonds is 5. The first-order chi connectivity index (χ1) is 11.6. The van der Waals surface area contributed by atoms with Crippen LogP contribution in [0, 0.1) is 5.41 Å². The molecular formula is C17H31IN6O. The first-order valence-electron chi connectivity index (χ1n) is 8.99. The number of ether oxygens (including phenoxy) is 1. The number of hydrogen-bond donors (Lipinski definition) is 1. The van der Waals surface area contributed by atoms with Gasteiger partial charge in [0, 0.05) is 39.2 Å². The Morgan fingerprint density at radius 2 is 2.20 bits per heavy atom. The Kier molecular flexibility index (Phi) is 7.07. The number of halogens is 1. The largest absolute Gasteiger partial charge is 0.378 e. The molecule has 8 heteroatoms. The third kappa shape index (κ3) is 3.94. The van der Waals surface area contributed by atoms with Crippen LogP contribution in [0.5, 0.6) is 0 Å². The fourth-order valence-corrected chi connectivity index (χ4v) is 4.34. The quantitative estimate of drug-likeness (QED) is 0.413. The molecule has 1 spiro atoms. The molecule has 2 aliphatic carbocycles. The van der Waals surface area contributed by atoms with Crippen LogP contribution in [0.2, 0.25) is 0 Å². The zero-order chi connectivity index (χ0) is 17.2. The van der Waals surface area contributed by atoms with Crippen molar-refractivity contribution in [3.05, 3.63) is 12.2 Å². The molecule has 142 valence electrons. The molecular weight excluding hydrogens is 431 g/mol. The summed E-state index contributed by atoms with van der Waals surface area (Å²) in [4.78, 5) is 10.9. The highest BCUT2D eigenvalue weighted by molar-refractivity contribution is 14.0. The van der Waals surface area contributed by atoms with Crippen molar-refractivity contribution < 1.29 is 4.74 Å². The molecule has 0 aromatic carbocycles. The normalized spacial score (nSPS) is 24.7. The Bertz CT molecular complexity index is 583. The molecule has 2 unspecified atom stereocenters. The zero-order valence-electron chi connectivity index (χ0n) is 15.7. The standard InChI is InChI=1S/C17H30N6O.HI/c1-5-24-14-10-13(17(14)8-6-7-9-17)21-16(18-2)22(3)11-15-19-12-20-23(15)4;/h12-14H,5-11H2,1-4H3,(H,18,21);1H. The molecule has 0 saturated heterocycles. The van der Waals surface area contributed by atoms with Gasteiger partial charge in [0.05, 0.1) is 12.6 Å². The molecule has 0 radical (unpaired) electrons. The van der Waals surface area contributed by atoms with E-state index < -0.39 is 0 Å². The monoisotopic (exact) mass is 462 g/mol. The summed E-state index contributed by atoms with van der Waals surface area (Å²) in [6.45, 7) is 3.59. The maximum Gasteiger partial charge on any atom is 0.194 e. The Hall–Kier alpha value is -0.900. The Labute approximate surface area is 167 Å². The van der Waals surface area contributed by atoms with Crippen LogP contribution in [0.3, 0.4) is 0 Å². The van der Waals surface area contributed by atoms with Crippen LogP contribution in [-0.4, -0.2) is 58.5 Å². The third-order valence-electron chi connectivity index (χ3n) is 5.75.